The number of halogens is 1. The van der Waals surface area contributed by atoms with Crippen LogP contribution in [0.5, 0.6) is 0 Å². The minimum atomic E-state index is -1.01. The second-order valence-electron chi connectivity index (χ2n) is 3.66. The van der Waals surface area contributed by atoms with E-state index in [9.17, 15) is 9.18 Å². The highest BCUT2D eigenvalue weighted by atomic mass is 19.1. The van der Waals surface area contributed by atoms with Gasteiger partial charge in [0.15, 0.2) is 0 Å². The zero-order chi connectivity index (χ0) is 12.4. The predicted octanol–water partition coefficient (Wildman–Crippen LogP) is 1.34. The summed E-state index contributed by atoms with van der Waals surface area (Å²) in [6.07, 6.45) is 1.07. The maximum Gasteiger partial charge on any atom is 0.309 e. The fraction of sp³-hybridized carbons (Fsp3) is 0.182. The molecule has 5 nitrogen and oxygen atoms in total. The summed E-state index contributed by atoms with van der Waals surface area (Å²) in [7, 11) is 0. The molecule has 1 aromatic heterocycles. The Bertz CT molecular complexity index is 566. The van der Waals surface area contributed by atoms with Crippen LogP contribution in [-0.4, -0.2) is 26.1 Å². The average Bonchev–Trinajstić information content (AvgIpc) is 2.69. The molecule has 0 atom stereocenters. The minimum absolute atomic E-state index is 0.207. The molecule has 0 aliphatic rings. The molecule has 17 heavy (non-hydrogen) atoms. The van der Waals surface area contributed by atoms with Crippen LogP contribution in [0, 0.1) is 12.7 Å². The van der Waals surface area contributed by atoms with Crippen LogP contribution in [0.25, 0.3) is 5.69 Å². The molecule has 0 saturated carbocycles. The summed E-state index contributed by atoms with van der Waals surface area (Å²) in [5.41, 5.74) is 1.40. The fourth-order valence-corrected chi connectivity index (χ4v) is 1.52. The molecule has 1 N–H and O–H groups in total. The number of carbonyl (C=O) groups is 1. The summed E-state index contributed by atoms with van der Waals surface area (Å²) >= 11 is 0. The van der Waals surface area contributed by atoms with Crippen molar-refractivity contribution >= 4 is 5.97 Å². The Balaban J connectivity index is 2.49. The minimum Gasteiger partial charge on any atom is -0.481 e. The van der Waals surface area contributed by atoms with Crippen LogP contribution in [-0.2, 0) is 11.2 Å². The van der Waals surface area contributed by atoms with Crippen LogP contribution < -0.4 is 0 Å². The van der Waals surface area contributed by atoms with Gasteiger partial charge in [-0.25, -0.2) is 9.07 Å². The Hall–Kier alpha value is -2.24. The molecular weight excluding hydrogens is 225 g/mol. The van der Waals surface area contributed by atoms with Gasteiger partial charge in [0.2, 0.25) is 0 Å². The first-order chi connectivity index (χ1) is 8.08. The lowest BCUT2D eigenvalue weighted by atomic mass is 10.2. The van der Waals surface area contributed by atoms with Crippen molar-refractivity contribution in [2.24, 2.45) is 0 Å². The van der Waals surface area contributed by atoms with E-state index >= 15 is 0 Å². The van der Waals surface area contributed by atoms with Gasteiger partial charge in [-0.15, -0.1) is 5.10 Å². The summed E-state index contributed by atoms with van der Waals surface area (Å²) in [5, 5.41) is 16.0. The SMILES string of the molecule is Cc1ccc(F)c(-n2nncc2CC(=O)O)c1. The highest BCUT2D eigenvalue weighted by molar-refractivity contribution is 5.69. The van der Waals surface area contributed by atoms with Gasteiger partial charge in [-0.3, -0.25) is 4.79 Å². The van der Waals surface area contributed by atoms with Crippen molar-refractivity contribution in [2.75, 3.05) is 0 Å². The van der Waals surface area contributed by atoms with Gasteiger partial charge in [0.05, 0.1) is 18.3 Å². The molecule has 2 rings (SSSR count). The molecule has 0 aliphatic carbocycles. The van der Waals surface area contributed by atoms with Gasteiger partial charge < -0.3 is 5.11 Å². The summed E-state index contributed by atoms with van der Waals surface area (Å²) in [6, 6.07) is 4.54. The first kappa shape index (κ1) is 11.3. The molecule has 0 spiro atoms. The number of hydrogen-bond acceptors (Lipinski definition) is 3. The van der Waals surface area contributed by atoms with E-state index < -0.39 is 11.8 Å². The number of carboxylic acids is 1. The van der Waals surface area contributed by atoms with E-state index in [4.69, 9.17) is 5.11 Å². The van der Waals surface area contributed by atoms with Crippen molar-refractivity contribution in [1.29, 1.82) is 0 Å². The number of rotatable bonds is 3. The topological polar surface area (TPSA) is 68.0 Å². The van der Waals surface area contributed by atoms with Crippen LogP contribution in [0.3, 0.4) is 0 Å². The molecule has 2 aromatic rings. The molecule has 0 radical (unpaired) electrons. The second-order valence-corrected chi connectivity index (χ2v) is 3.66. The van der Waals surface area contributed by atoms with Gasteiger partial charge in [0.25, 0.3) is 0 Å². The Kier molecular flexibility index (Phi) is 2.86. The van der Waals surface area contributed by atoms with E-state index in [1.54, 1.807) is 12.1 Å². The maximum absolute atomic E-state index is 13.6. The number of hydrogen-bond donors (Lipinski definition) is 1. The smallest absolute Gasteiger partial charge is 0.309 e. The monoisotopic (exact) mass is 235 g/mol. The number of nitrogens with zero attached hydrogens (tertiary/aromatic N) is 3. The van der Waals surface area contributed by atoms with Crippen molar-refractivity contribution in [2.45, 2.75) is 13.3 Å². The maximum atomic E-state index is 13.6. The van der Waals surface area contributed by atoms with Crippen LogP contribution in [0.1, 0.15) is 11.3 Å². The summed E-state index contributed by atoms with van der Waals surface area (Å²) < 4.78 is 14.8. The van der Waals surface area contributed by atoms with E-state index in [1.807, 2.05) is 6.92 Å². The van der Waals surface area contributed by atoms with Crippen LogP contribution >= 0.6 is 0 Å². The van der Waals surface area contributed by atoms with Crippen molar-refractivity contribution in [3.8, 4) is 5.69 Å². The molecule has 0 amide bonds. The highest BCUT2D eigenvalue weighted by Gasteiger charge is 2.13. The van der Waals surface area contributed by atoms with E-state index in [2.05, 4.69) is 10.3 Å². The van der Waals surface area contributed by atoms with Crippen molar-refractivity contribution in [3.05, 3.63) is 41.5 Å². The standard InChI is InChI=1S/C11H10FN3O2/c1-7-2-3-9(12)10(4-7)15-8(5-11(16)17)6-13-14-15/h2-4,6H,5H2,1H3,(H,16,17). The Labute approximate surface area is 96.5 Å². The zero-order valence-corrected chi connectivity index (χ0v) is 9.09. The highest BCUT2D eigenvalue weighted by Crippen LogP contribution is 2.16. The number of aryl methyl sites for hydroxylation is 1. The number of aliphatic carboxylic acids is 1. The molecule has 0 bridgehead atoms. The molecule has 0 saturated heterocycles. The molecule has 0 fully saturated rings. The van der Waals surface area contributed by atoms with Gasteiger partial charge >= 0.3 is 5.97 Å². The Morgan fingerprint density at radius 1 is 1.53 bits per heavy atom. The molecule has 1 heterocycles. The van der Waals surface area contributed by atoms with Crippen molar-refractivity contribution in [1.82, 2.24) is 15.0 Å². The number of carboxylic acid groups (broad SMARTS) is 1. The third-order valence-corrected chi connectivity index (χ3v) is 2.28. The normalized spacial score (nSPS) is 10.5. The van der Waals surface area contributed by atoms with Gasteiger partial charge in [-0.1, -0.05) is 11.3 Å². The van der Waals surface area contributed by atoms with Gasteiger partial charge in [-0.05, 0) is 24.6 Å². The molecule has 1 aromatic carbocycles. The molecule has 88 valence electrons. The lowest BCUT2D eigenvalue weighted by molar-refractivity contribution is -0.136. The Morgan fingerprint density at radius 2 is 2.29 bits per heavy atom. The third kappa shape index (κ3) is 2.30. The molecule has 0 unspecified atom stereocenters. The molecule has 0 aliphatic heterocycles. The third-order valence-electron chi connectivity index (χ3n) is 2.28. The van der Waals surface area contributed by atoms with Gasteiger partial charge in [0, 0.05) is 0 Å². The molecule has 6 heteroatoms. The Morgan fingerprint density at radius 3 is 3.00 bits per heavy atom. The summed E-state index contributed by atoms with van der Waals surface area (Å²) in [4.78, 5) is 10.6. The van der Waals surface area contributed by atoms with E-state index in [-0.39, 0.29) is 12.1 Å². The zero-order valence-electron chi connectivity index (χ0n) is 9.09. The van der Waals surface area contributed by atoms with Crippen molar-refractivity contribution in [3.63, 3.8) is 0 Å². The predicted molar refractivity (Wildman–Crippen MR) is 57.4 cm³/mol. The molecular formula is C11H10FN3O2. The van der Waals surface area contributed by atoms with Crippen LogP contribution in [0.4, 0.5) is 4.39 Å². The second kappa shape index (κ2) is 4.32. The van der Waals surface area contributed by atoms with E-state index in [0.717, 1.165) is 5.56 Å². The van der Waals surface area contributed by atoms with Gasteiger partial charge in [-0.2, -0.15) is 0 Å². The van der Waals surface area contributed by atoms with E-state index in [1.165, 1.54) is 16.9 Å². The summed E-state index contributed by atoms with van der Waals surface area (Å²) in [6.45, 7) is 1.82. The quantitative estimate of drug-likeness (QED) is 0.871. The van der Waals surface area contributed by atoms with Gasteiger partial charge in [0.1, 0.15) is 11.5 Å². The number of benzene rings is 1. The van der Waals surface area contributed by atoms with Crippen LogP contribution in [0.15, 0.2) is 24.4 Å². The average molecular weight is 235 g/mol. The van der Waals surface area contributed by atoms with Crippen molar-refractivity contribution < 1.29 is 14.3 Å². The fourth-order valence-electron chi connectivity index (χ4n) is 1.52. The van der Waals surface area contributed by atoms with E-state index in [0.29, 0.717) is 5.69 Å². The lowest BCUT2D eigenvalue weighted by Crippen LogP contribution is -2.09. The first-order valence-corrected chi connectivity index (χ1v) is 4.96. The first-order valence-electron chi connectivity index (χ1n) is 4.96. The number of aromatic nitrogens is 3. The summed E-state index contributed by atoms with van der Waals surface area (Å²) in [5.74, 6) is -1.48. The van der Waals surface area contributed by atoms with Crippen LogP contribution in [0.2, 0.25) is 0 Å². The largest absolute Gasteiger partial charge is 0.481 e. The lowest BCUT2D eigenvalue weighted by Gasteiger charge is -2.06.